The average molecular weight is 691 g/mol. The van der Waals surface area contributed by atoms with Crippen molar-refractivity contribution in [1.29, 1.82) is 0 Å². The maximum absolute atomic E-state index is 13.5. The van der Waals surface area contributed by atoms with Crippen molar-refractivity contribution in [3.05, 3.63) is 41.0 Å². The van der Waals surface area contributed by atoms with Crippen molar-refractivity contribution in [2.75, 3.05) is 34.2 Å². The van der Waals surface area contributed by atoms with E-state index in [2.05, 4.69) is 0 Å². The van der Waals surface area contributed by atoms with Crippen LogP contribution in [-0.2, 0) is 43.1 Å². The predicted octanol–water partition coefficient (Wildman–Crippen LogP) is -2.46. The molecule has 3 saturated heterocycles. The van der Waals surface area contributed by atoms with Crippen molar-refractivity contribution in [2.24, 2.45) is 11.8 Å². The number of carbonyl (C=O) groups is 1. The van der Waals surface area contributed by atoms with Gasteiger partial charge in [-0.1, -0.05) is 0 Å². The minimum Gasteiger partial charge on any atom is -0.867 e. The Morgan fingerprint density at radius 1 is 0.957 bits per heavy atom. The second-order valence-corrected chi connectivity index (χ2v) is 12.5. The average Bonchev–Trinajstić information content (AvgIpc) is 3.64. The third-order valence-corrected chi connectivity index (χ3v) is 9.40. The van der Waals surface area contributed by atoms with E-state index in [-0.39, 0.29) is 61.1 Å². The maximum Gasteiger partial charge on any atom is 1.00 e. The van der Waals surface area contributed by atoms with Gasteiger partial charge in [0, 0.05) is 11.8 Å². The minimum atomic E-state index is -5.04. The van der Waals surface area contributed by atoms with Crippen LogP contribution in [-0.4, -0.2) is 95.3 Å². The molecule has 0 radical (unpaired) electrons. The topological polar surface area (TPSA) is 207 Å². The maximum atomic E-state index is 13.5. The van der Waals surface area contributed by atoms with Gasteiger partial charge in [-0.2, -0.15) is 8.42 Å². The first-order valence-corrected chi connectivity index (χ1v) is 15.8. The van der Waals surface area contributed by atoms with E-state index in [1.807, 2.05) is 0 Å². The molecular formula is C29H31NaO16S. The molecule has 18 heteroatoms. The molecule has 4 heterocycles. The van der Waals surface area contributed by atoms with Crippen LogP contribution in [0.4, 0.5) is 0 Å². The van der Waals surface area contributed by atoms with Crippen LogP contribution in [0.5, 0.6) is 28.7 Å². The minimum absolute atomic E-state index is 0. The summed E-state index contributed by atoms with van der Waals surface area (Å²) < 4.78 is 89.1. The number of aliphatic hydroxyl groups excluding tert-OH is 1. The van der Waals surface area contributed by atoms with E-state index < -0.39 is 83.0 Å². The molecule has 0 aromatic heterocycles. The zero-order valence-corrected chi connectivity index (χ0v) is 28.5. The summed E-state index contributed by atoms with van der Waals surface area (Å²) in [4.78, 5) is 13.5. The summed E-state index contributed by atoms with van der Waals surface area (Å²) in [5.74, 6) is -2.35. The van der Waals surface area contributed by atoms with Crippen LogP contribution in [0.1, 0.15) is 35.6 Å². The Balaban J connectivity index is 0.00000386. The molecule has 0 amide bonds. The molecule has 7 rings (SSSR count). The van der Waals surface area contributed by atoms with E-state index in [0.29, 0.717) is 28.2 Å². The standard InChI is InChI=1S/C29H32O16S.Na/c1-11-38-9-20-26(42-11)27(45-46(33,34)35)24(31)29(43-20)44-25-14-7-17-16(40-10-41-17)6-13(14)21(22-15(25)8-39-28(22)32)12-4-18(36-2)23(30)19(5-12)37-3;/h4-7,11,15,20-22,24-27,29-31H,8-10H2,1-3H3,(H,33,34,35);/q;+1/p-1/t11-,15+,20-,21-,22+,24-,25-,26-,27-,29+;/m1./s1. The third kappa shape index (κ3) is 6.16. The fourth-order valence-corrected chi connectivity index (χ4v) is 7.46. The van der Waals surface area contributed by atoms with E-state index >= 15 is 0 Å². The summed E-state index contributed by atoms with van der Waals surface area (Å²) in [6, 6.07) is 6.50. The van der Waals surface area contributed by atoms with Gasteiger partial charge in [0.2, 0.25) is 6.79 Å². The first-order chi connectivity index (χ1) is 22.0. The van der Waals surface area contributed by atoms with Gasteiger partial charge in [-0.05, 0) is 53.6 Å². The van der Waals surface area contributed by atoms with E-state index in [1.165, 1.54) is 14.2 Å². The summed E-state index contributed by atoms with van der Waals surface area (Å²) in [6.45, 7) is 1.40. The summed E-state index contributed by atoms with van der Waals surface area (Å²) >= 11 is 0. The quantitative estimate of drug-likeness (QED) is 0.175. The Kier molecular flexibility index (Phi) is 9.62. The van der Waals surface area contributed by atoms with Gasteiger partial charge in [-0.3, -0.25) is 9.35 Å². The Morgan fingerprint density at radius 3 is 2.26 bits per heavy atom. The summed E-state index contributed by atoms with van der Waals surface area (Å²) in [5, 5.41) is 24.1. The number of benzene rings is 2. The van der Waals surface area contributed by atoms with E-state index in [1.54, 1.807) is 31.2 Å². The van der Waals surface area contributed by atoms with Crippen molar-refractivity contribution < 1.29 is 104 Å². The molecule has 0 saturated carbocycles. The molecule has 10 atom stereocenters. The molecule has 3 fully saturated rings. The van der Waals surface area contributed by atoms with E-state index in [9.17, 15) is 28.0 Å². The monoisotopic (exact) mass is 690 g/mol. The Morgan fingerprint density at radius 2 is 1.62 bits per heavy atom. The Labute approximate surface area is 291 Å². The molecule has 2 aromatic carbocycles. The summed E-state index contributed by atoms with van der Waals surface area (Å²) in [5.41, 5.74) is 1.64. The molecule has 5 aliphatic rings. The number of cyclic esters (lactones) is 1. The van der Waals surface area contributed by atoms with Crippen molar-refractivity contribution in [1.82, 2.24) is 0 Å². The number of methoxy groups -OCH3 is 2. The van der Waals surface area contributed by atoms with Gasteiger partial charge in [0.1, 0.15) is 35.9 Å². The van der Waals surface area contributed by atoms with Gasteiger partial charge < -0.3 is 52.8 Å². The number of carbonyl (C=O) groups excluding carboxylic acids is 1. The summed E-state index contributed by atoms with van der Waals surface area (Å²) in [6.07, 6.45) is -8.78. The number of hydrogen-bond acceptors (Lipinski definition) is 15. The van der Waals surface area contributed by atoms with Crippen LogP contribution in [0.2, 0.25) is 0 Å². The van der Waals surface area contributed by atoms with E-state index in [4.69, 9.17) is 46.8 Å². The van der Waals surface area contributed by atoms with Crippen molar-refractivity contribution in [3.63, 3.8) is 0 Å². The zero-order valence-electron chi connectivity index (χ0n) is 25.7. The van der Waals surface area contributed by atoms with Crippen LogP contribution in [0, 0.1) is 11.8 Å². The number of esters is 1. The molecule has 0 spiro atoms. The first-order valence-electron chi connectivity index (χ1n) is 14.4. The summed E-state index contributed by atoms with van der Waals surface area (Å²) in [7, 11) is -2.34. The van der Waals surface area contributed by atoms with Gasteiger partial charge >= 0.3 is 45.9 Å². The van der Waals surface area contributed by atoms with Gasteiger partial charge in [0.05, 0.1) is 39.5 Å². The number of rotatable bonds is 7. The smallest absolute Gasteiger partial charge is 0.867 e. The Bertz CT molecular complexity index is 1610. The van der Waals surface area contributed by atoms with Crippen LogP contribution >= 0.6 is 0 Å². The molecule has 4 aliphatic heterocycles. The largest absolute Gasteiger partial charge is 1.00 e. The fraction of sp³-hybridized carbons (Fsp3) is 0.552. The van der Waals surface area contributed by atoms with Crippen LogP contribution in [0.15, 0.2) is 24.3 Å². The number of fused-ring (bicyclic) bond motifs is 4. The Hall–Kier alpha value is -2.42. The first kappa shape index (κ1) is 34.4. The molecule has 2 aromatic rings. The molecule has 250 valence electrons. The van der Waals surface area contributed by atoms with Gasteiger partial charge in [-0.15, -0.1) is 0 Å². The second kappa shape index (κ2) is 13.1. The van der Waals surface area contributed by atoms with Gasteiger partial charge in [0.25, 0.3) is 0 Å². The second-order valence-electron chi connectivity index (χ2n) is 11.5. The van der Waals surface area contributed by atoms with Crippen molar-refractivity contribution in [2.45, 2.75) is 55.9 Å². The van der Waals surface area contributed by atoms with Crippen LogP contribution in [0.3, 0.4) is 0 Å². The zero-order chi connectivity index (χ0) is 32.5. The molecule has 0 bridgehead atoms. The number of ether oxygens (including phenoxy) is 9. The predicted molar refractivity (Wildman–Crippen MR) is 147 cm³/mol. The van der Waals surface area contributed by atoms with Crippen molar-refractivity contribution >= 4 is 16.4 Å². The molecule has 16 nitrogen and oxygen atoms in total. The SMILES string of the molecule is COc1cc([C@@H]2c3cc4c(cc3[C@@H](O[C@@H]3O[C@@H]5CO[C@@H](C)O[C@H]5[C@H](OS(=O)(=O)O)[C@H]3O)[C@H]3COC(=O)[C@H]23)OCO4)cc(OC)c1[O-].[Na+]. The normalized spacial score (nSPS) is 33.9. The molecule has 47 heavy (non-hydrogen) atoms. The van der Waals surface area contributed by atoms with Gasteiger partial charge in [-0.25, -0.2) is 4.18 Å². The van der Waals surface area contributed by atoms with Crippen molar-refractivity contribution in [3.8, 4) is 28.7 Å². The van der Waals surface area contributed by atoms with Crippen LogP contribution in [0.25, 0.3) is 0 Å². The van der Waals surface area contributed by atoms with Gasteiger partial charge in [0.15, 0.2) is 24.1 Å². The number of aliphatic hydroxyl groups is 1. The molecular weight excluding hydrogens is 659 g/mol. The van der Waals surface area contributed by atoms with Crippen LogP contribution < -0.4 is 53.6 Å². The van der Waals surface area contributed by atoms with E-state index in [0.717, 1.165) is 0 Å². The molecule has 1 aliphatic carbocycles. The number of hydrogen-bond donors (Lipinski definition) is 2. The molecule has 2 N–H and O–H groups in total. The third-order valence-electron chi connectivity index (χ3n) is 8.93. The fourth-order valence-electron chi connectivity index (χ4n) is 6.96. The molecule has 0 unspecified atom stereocenters.